The Labute approximate surface area is 139 Å². The van der Waals surface area contributed by atoms with Gasteiger partial charge in [0, 0.05) is 11.6 Å². The van der Waals surface area contributed by atoms with Crippen LogP contribution in [-0.2, 0) is 10.3 Å². The lowest BCUT2D eigenvalue weighted by Gasteiger charge is -2.24. The van der Waals surface area contributed by atoms with Crippen molar-refractivity contribution in [2.45, 2.75) is 31.2 Å². The third kappa shape index (κ3) is 2.67. The van der Waals surface area contributed by atoms with E-state index < -0.39 is 5.54 Å². The van der Waals surface area contributed by atoms with Gasteiger partial charge in [-0.3, -0.25) is 4.79 Å². The predicted octanol–water partition coefficient (Wildman–Crippen LogP) is 3.52. The molecule has 1 saturated carbocycles. The molecule has 1 heterocycles. The number of aromatic nitrogens is 1. The maximum Gasteiger partial charge on any atom is 0.248 e. The Morgan fingerprint density at radius 3 is 2.71 bits per heavy atom. The largest absolute Gasteiger partial charge is 0.440 e. The molecule has 1 fully saturated rings. The number of nitrogens with zero attached hydrogens (tertiary/aromatic N) is 1. The van der Waals surface area contributed by atoms with Crippen LogP contribution in [0.15, 0.2) is 52.9 Å². The average Bonchev–Trinajstić information content (AvgIpc) is 3.35. The van der Waals surface area contributed by atoms with Crippen molar-refractivity contribution in [2.75, 3.05) is 5.32 Å². The molecule has 5 heteroatoms. The number of nitrogens with one attached hydrogen (secondary N) is 1. The highest BCUT2D eigenvalue weighted by molar-refractivity contribution is 5.99. The van der Waals surface area contributed by atoms with Crippen molar-refractivity contribution in [1.82, 2.24) is 4.98 Å². The summed E-state index contributed by atoms with van der Waals surface area (Å²) in [5, 5.41) is 2.88. The summed E-state index contributed by atoms with van der Waals surface area (Å²) in [6.07, 6.45) is 2.28. The zero-order valence-corrected chi connectivity index (χ0v) is 13.5. The Balaban J connectivity index is 1.57. The van der Waals surface area contributed by atoms with Gasteiger partial charge >= 0.3 is 0 Å². The molecule has 5 nitrogen and oxygen atoms in total. The monoisotopic (exact) mass is 321 g/mol. The van der Waals surface area contributed by atoms with Gasteiger partial charge in [0.2, 0.25) is 5.91 Å². The first-order chi connectivity index (χ1) is 11.5. The van der Waals surface area contributed by atoms with Gasteiger partial charge in [0.05, 0.1) is 0 Å². The molecule has 3 aromatic rings. The van der Waals surface area contributed by atoms with Crippen molar-refractivity contribution in [3.05, 3.63) is 60.0 Å². The van der Waals surface area contributed by atoms with Gasteiger partial charge in [-0.1, -0.05) is 30.3 Å². The summed E-state index contributed by atoms with van der Waals surface area (Å²) < 4.78 is 5.74. The van der Waals surface area contributed by atoms with Crippen molar-refractivity contribution < 1.29 is 9.21 Å². The van der Waals surface area contributed by atoms with Crippen LogP contribution in [-0.4, -0.2) is 10.9 Å². The molecule has 3 N–H and O–H groups in total. The van der Waals surface area contributed by atoms with Crippen LogP contribution < -0.4 is 11.1 Å². The third-order valence-corrected chi connectivity index (χ3v) is 4.43. The smallest absolute Gasteiger partial charge is 0.248 e. The number of oxazole rings is 1. The summed E-state index contributed by atoms with van der Waals surface area (Å²) in [5.74, 6) is 0.987. The number of carbonyl (C=O) groups is 1. The van der Waals surface area contributed by atoms with E-state index in [4.69, 9.17) is 10.2 Å². The Morgan fingerprint density at radius 2 is 2.00 bits per heavy atom. The van der Waals surface area contributed by atoms with E-state index in [1.165, 1.54) is 0 Å². The van der Waals surface area contributed by atoms with Crippen molar-refractivity contribution >= 4 is 22.7 Å². The summed E-state index contributed by atoms with van der Waals surface area (Å²) in [7, 11) is 0. The van der Waals surface area contributed by atoms with Crippen molar-refractivity contribution in [2.24, 2.45) is 5.73 Å². The molecule has 24 heavy (non-hydrogen) atoms. The second kappa shape index (κ2) is 5.46. The van der Waals surface area contributed by atoms with Crippen molar-refractivity contribution in [1.29, 1.82) is 0 Å². The lowest BCUT2D eigenvalue weighted by Crippen LogP contribution is -2.45. The predicted molar refractivity (Wildman–Crippen MR) is 92.6 cm³/mol. The fourth-order valence-electron chi connectivity index (χ4n) is 2.70. The number of carbonyl (C=O) groups excluding carboxylic acids is 1. The summed E-state index contributed by atoms with van der Waals surface area (Å²) >= 11 is 0. The van der Waals surface area contributed by atoms with Crippen LogP contribution in [0, 0.1) is 0 Å². The van der Waals surface area contributed by atoms with Crippen LogP contribution in [0.2, 0.25) is 0 Å². The molecule has 1 aliphatic carbocycles. The van der Waals surface area contributed by atoms with Gasteiger partial charge in [-0.25, -0.2) is 4.98 Å². The van der Waals surface area contributed by atoms with E-state index in [0.29, 0.717) is 11.6 Å². The molecular weight excluding hydrogens is 302 g/mol. The molecule has 0 aliphatic heterocycles. The van der Waals surface area contributed by atoms with Crippen LogP contribution >= 0.6 is 0 Å². The zero-order valence-electron chi connectivity index (χ0n) is 13.5. The van der Waals surface area contributed by atoms with Gasteiger partial charge in [-0.15, -0.1) is 0 Å². The molecule has 122 valence electrons. The van der Waals surface area contributed by atoms with E-state index >= 15 is 0 Å². The Hall–Kier alpha value is -2.66. The lowest BCUT2D eigenvalue weighted by atomic mass is 9.92. The van der Waals surface area contributed by atoms with E-state index in [2.05, 4.69) is 10.3 Å². The lowest BCUT2D eigenvalue weighted by molar-refractivity contribution is -0.120. The zero-order chi connectivity index (χ0) is 16.7. The summed E-state index contributed by atoms with van der Waals surface area (Å²) in [6.45, 7) is 1.71. The van der Waals surface area contributed by atoms with Crippen LogP contribution in [0.25, 0.3) is 11.1 Å². The number of rotatable bonds is 4. The summed E-state index contributed by atoms with van der Waals surface area (Å²) in [5.41, 5.74) is 8.07. The van der Waals surface area contributed by atoms with Crippen molar-refractivity contribution in [3.8, 4) is 0 Å². The molecular formula is C19H19N3O2. The molecule has 1 amide bonds. The molecule has 4 rings (SSSR count). The molecule has 1 aliphatic rings. The number of hydrogen-bond donors (Lipinski definition) is 2. The molecule has 1 unspecified atom stereocenters. The van der Waals surface area contributed by atoms with E-state index in [1.54, 1.807) is 6.92 Å². The Bertz CT molecular complexity index is 895. The quantitative estimate of drug-likeness (QED) is 0.770. The number of benzene rings is 2. The summed E-state index contributed by atoms with van der Waals surface area (Å²) in [4.78, 5) is 17.1. The Kier molecular flexibility index (Phi) is 3.39. The standard InChI is InChI=1S/C19H19N3O2/c1-19(20,13-5-3-2-4-6-13)18(23)21-14-9-10-16-15(11-14)22-17(24-16)12-7-8-12/h2-6,9-12H,7-8,20H2,1H3,(H,21,23). The molecule has 0 bridgehead atoms. The minimum Gasteiger partial charge on any atom is -0.440 e. The molecule has 1 atom stereocenters. The molecule has 0 radical (unpaired) electrons. The number of anilines is 1. The second-order valence-electron chi connectivity index (χ2n) is 6.53. The first-order valence-corrected chi connectivity index (χ1v) is 8.10. The van der Waals surface area contributed by atoms with E-state index in [0.717, 1.165) is 35.4 Å². The van der Waals surface area contributed by atoms with Gasteiger partial charge in [-0.05, 0) is 43.5 Å². The van der Waals surface area contributed by atoms with Gasteiger partial charge in [0.1, 0.15) is 11.1 Å². The van der Waals surface area contributed by atoms with E-state index in [9.17, 15) is 4.79 Å². The molecule has 0 saturated heterocycles. The van der Waals surface area contributed by atoms with Gasteiger partial charge < -0.3 is 15.5 Å². The maximum atomic E-state index is 12.6. The summed E-state index contributed by atoms with van der Waals surface area (Å²) in [6, 6.07) is 14.8. The highest BCUT2D eigenvalue weighted by Crippen LogP contribution is 2.40. The number of fused-ring (bicyclic) bond motifs is 1. The SMILES string of the molecule is CC(N)(C(=O)Nc1ccc2oc(C3CC3)nc2c1)c1ccccc1. The Morgan fingerprint density at radius 1 is 1.25 bits per heavy atom. The maximum absolute atomic E-state index is 12.6. The number of hydrogen-bond acceptors (Lipinski definition) is 4. The van der Waals surface area contributed by atoms with Crippen molar-refractivity contribution in [3.63, 3.8) is 0 Å². The second-order valence-corrected chi connectivity index (χ2v) is 6.53. The van der Waals surface area contributed by atoms with E-state index in [-0.39, 0.29) is 5.91 Å². The topological polar surface area (TPSA) is 81.2 Å². The van der Waals surface area contributed by atoms with Crippen LogP contribution in [0.4, 0.5) is 5.69 Å². The molecule has 2 aromatic carbocycles. The fourth-order valence-corrected chi connectivity index (χ4v) is 2.70. The number of amides is 1. The minimum absolute atomic E-state index is 0.265. The minimum atomic E-state index is -1.11. The van der Waals surface area contributed by atoms with E-state index in [1.807, 2.05) is 48.5 Å². The fraction of sp³-hybridized carbons (Fsp3) is 0.263. The first kappa shape index (κ1) is 14.9. The molecule has 1 aromatic heterocycles. The van der Waals surface area contributed by atoms with Crippen LogP contribution in [0.5, 0.6) is 0 Å². The van der Waals surface area contributed by atoms with Crippen LogP contribution in [0.1, 0.15) is 37.1 Å². The highest BCUT2D eigenvalue weighted by atomic mass is 16.3. The molecule has 0 spiro atoms. The highest BCUT2D eigenvalue weighted by Gasteiger charge is 2.31. The number of nitrogens with two attached hydrogens (primary N) is 1. The normalized spacial score (nSPS) is 16.8. The van der Waals surface area contributed by atoms with Gasteiger partial charge in [0.25, 0.3) is 0 Å². The van der Waals surface area contributed by atoms with Gasteiger partial charge in [-0.2, -0.15) is 0 Å². The third-order valence-electron chi connectivity index (χ3n) is 4.43. The average molecular weight is 321 g/mol. The van der Waals surface area contributed by atoms with Crippen LogP contribution in [0.3, 0.4) is 0 Å². The first-order valence-electron chi connectivity index (χ1n) is 8.10. The van der Waals surface area contributed by atoms with Gasteiger partial charge in [0.15, 0.2) is 11.5 Å².